The molecule has 0 unspecified atom stereocenters. The highest BCUT2D eigenvalue weighted by atomic mass is 79.9. The monoisotopic (exact) mass is 632 g/mol. The molecule has 0 aromatic heterocycles. The topological polar surface area (TPSA) is 123 Å². The van der Waals surface area contributed by atoms with Gasteiger partial charge in [0.25, 0.3) is 5.91 Å². The van der Waals surface area contributed by atoms with Gasteiger partial charge >= 0.3 is 16.1 Å². The van der Waals surface area contributed by atoms with E-state index in [2.05, 4.69) is 37.2 Å². The molecule has 0 aliphatic heterocycles. The fourth-order valence-corrected chi connectivity index (χ4v) is 5.49. The summed E-state index contributed by atoms with van der Waals surface area (Å²) in [5.41, 5.74) is 0.944. The summed E-state index contributed by atoms with van der Waals surface area (Å²) in [7, 11) is -4.08. The van der Waals surface area contributed by atoms with Gasteiger partial charge in [0.2, 0.25) is 0 Å². The number of benzene rings is 3. The lowest BCUT2D eigenvalue weighted by molar-refractivity contribution is -0.112. The first-order chi connectivity index (χ1) is 17.1. The van der Waals surface area contributed by atoms with E-state index in [1.807, 2.05) is 6.07 Å². The molecule has 8 nitrogen and oxygen atoms in total. The molecule has 0 saturated heterocycles. The Morgan fingerprint density at radius 2 is 1.64 bits per heavy atom. The number of halogens is 2. The number of hydrogen-bond acceptors (Lipinski definition) is 7. The van der Waals surface area contributed by atoms with E-state index in [9.17, 15) is 23.3 Å². The van der Waals surface area contributed by atoms with Crippen molar-refractivity contribution in [3.63, 3.8) is 0 Å². The van der Waals surface area contributed by atoms with Crippen molar-refractivity contribution in [3.8, 4) is 11.8 Å². The van der Waals surface area contributed by atoms with E-state index >= 15 is 0 Å². The van der Waals surface area contributed by atoms with Crippen molar-refractivity contribution < 1.29 is 26.9 Å². The van der Waals surface area contributed by atoms with E-state index in [1.165, 1.54) is 54.6 Å². The lowest BCUT2D eigenvalue weighted by Gasteiger charge is -2.11. The molecule has 36 heavy (non-hydrogen) atoms. The molecule has 0 heterocycles. The summed E-state index contributed by atoms with van der Waals surface area (Å²) in [6, 6.07) is 18.6. The van der Waals surface area contributed by atoms with Gasteiger partial charge < -0.3 is 14.2 Å². The van der Waals surface area contributed by atoms with Crippen LogP contribution in [0.25, 0.3) is 6.08 Å². The minimum absolute atomic E-state index is 0.00787. The summed E-state index contributed by atoms with van der Waals surface area (Å²) < 4.78 is 35.9. The van der Waals surface area contributed by atoms with Gasteiger partial charge in [-0.05, 0) is 99.0 Å². The molecule has 3 aromatic carbocycles. The summed E-state index contributed by atoms with van der Waals surface area (Å²) in [6.07, 6.45) is 1.34. The average molecular weight is 634 g/mol. The Morgan fingerprint density at radius 3 is 2.19 bits per heavy atom. The van der Waals surface area contributed by atoms with E-state index in [1.54, 1.807) is 25.1 Å². The highest BCUT2D eigenvalue weighted by molar-refractivity contribution is 9.11. The molecule has 184 valence electrons. The van der Waals surface area contributed by atoms with Gasteiger partial charge in [0.15, 0.2) is 5.75 Å². The second kappa shape index (κ2) is 12.0. The molecule has 0 aliphatic rings. The third-order valence-corrected chi connectivity index (χ3v) is 6.99. The molecule has 0 radical (unpaired) electrons. The van der Waals surface area contributed by atoms with Gasteiger partial charge in [-0.15, -0.1) is 0 Å². The number of rotatable bonds is 8. The summed E-state index contributed by atoms with van der Waals surface area (Å²) in [6.45, 7) is 1.95. The largest absolute Gasteiger partial charge is 0.462 e. The van der Waals surface area contributed by atoms with Crippen molar-refractivity contribution in [2.24, 2.45) is 0 Å². The maximum absolute atomic E-state index is 12.6. The van der Waals surface area contributed by atoms with Crippen LogP contribution in [0.15, 0.2) is 86.1 Å². The van der Waals surface area contributed by atoms with E-state index in [4.69, 9.17) is 8.92 Å². The van der Waals surface area contributed by atoms with Crippen LogP contribution in [0.2, 0.25) is 0 Å². The minimum atomic E-state index is -4.08. The minimum Gasteiger partial charge on any atom is -0.462 e. The van der Waals surface area contributed by atoms with E-state index in [-0.39, 0.29) is 31.8 Å². The zero-order valence-corrected chi connectivity index (χ0v) is 22.7. The number of anilines is 1. The van der Waals surface area contributed by atoms with Gasteiger partial charge in [-0.3, -0.25) is 4.79 Å². The zero-order chi connectivity index (χ0) is 26.3. The lowest BCUT2D eigenvalue weighted by Crippen LogP contribution is -2.13. The van der Waals surface area contributed by atoms with Crippen LogP contribution in [0.3, 0.4) is 0 Å². The predicted octanol–water partition coefficient (Wildman–Crippen LogP) is 5.70. The summed E-state index contributed by atoms with van der Waals surface area (Å²) in [5.74, 6) is -1.13. The van der Waals surface area contributed by atoms with Gasteiger partial charge in [0.05, 0.1) is 21.1 Å². The molecule has 1 amide bonds. The zero-order valence-electron chi connectivity index (χ0n) is 18.7. The Bertz CT molecular complexity index is 1440. The molecular weight excluding hydrogens is 616 g/mol. The highest BCUT2D eigenvalue weighted by Gasteiger charge is 2.21. The van der Waals surface area contributed by atoms with Crippen molar-refractivity contribution in [3.05, 3.63) is 92.4 Å². The summed E-state index contributed by atoms with van der Waals surface area (Å²) in [4.78, 5) is 24.4. The van der Waals surface area contributed by atoms with Crippen LogP contribution in [-0.4, -0.2) is 26.9 Å². The number of esters is 1. The highest BCUT2D eigenvalue weighted by Crippen LogP contribution is 2.37. The predicted molar refractivity (Wildman–Crippen MR) is 141 cm³/mol. The first kappa shape index (κ1) is 27.1. The van der Waals surface area contributed by atoms with Crippen LogP contribution >= 0.6 is 31.9 Å². The van der Waals surface area contributed by atoms with E-state index in [0.717, 1.165) is 0 Å². The molecular formula is C25H18Br2N2O6S. The normalized spacial score (nSPS) is 11.3. The van der Waals surface area contributed by atoms with Crippen LogP contribution in [0.5, 0.6) is 5.75 Å². The Hall–Kier alpha value is -3.46. The second-order valence-electron chi connectivity index (χ2n) is 7.09. The number of amides is 1. The SMILES string of the molecule is CCOC(=O)c1ccc(NC(=O)/C(C#N)=C/c2cc(Br)c(OS(=O)(=O)c3ccccc3)c(Br)c2)cc1. The van der Waals surface area contributed by atoms with E-state index in [0.29, 0.717) is 16.8 Å². The standard InChI is InChI=1S/C25H18Br2N2O6S/c1-2-34-25(31)17-8-10-19(11-9-17)29-24(30)18(15-28)12-16-13-21(26)23(22(27)14-16)35-36(32,33)20-6-4-3-5-7-20/h3-14H,2H2,1H3,(H,29,30)/b18-12+. The average Bonchev–Trinajstić information content (AvgIpc) is 2.86. The number of nitrogens with zero attached hydrogens (tertiary/aromatic N) is 1. The number of nitriles is 1. The Morgan fingerprint density at radius 1 is 1.03 bits per heavy atom. The van der Waals surface area contributed by atoms with Crippen molar-refractivity contribution >= 4 is 65.6 Å². The maximum atomic E-state index is 12.6. The first-order valence-corrected chi connectivity index (χ1v) is 13.3. The lowest BCUT2D eigenvalue weighted by atomic mass is 10.1. The van der Waals surface area contributed by atoms with Crippen LogP contribution < -0.4 is 9.50 Å². The number of carbonyl (C=O) groups is 2. The fourth-order valence-electron chi connectivity index (χ4n) is 2.91. The first-order valence-electron chi connectivity index (χ1n) is 10.3. The van der Waals surface area contributed by atoms with Crippen molar-refractivity contribution in [2.45, 2.75) is 11.8 Å². The summed E-state index contributed by atoms with van der Waals surface area (Å²) in [5, 5.41) is 12.1. The third-order valence-electron chi connectivity index (χ3n) is 4.58. The van der Waals surface area contributed by atoms with Gasteiger partial charge in [0.1, 0.15) is 16.5 Å². The summed E-state index contributed by atoms with van der Waals surface area (Å²) >= 11 is 6.57. The van der Waals surface area contributed by atoms with Crippen molar-refractivity contribution in [1.29, 1.82) is 5.26 Å². The Labute approximate surface area is 224 Å². The van der Waals surface area contributed by atoms with E-state index < -0.39 is 22.0 Å². The van der Waals surface area contributed by atoms with Crippen LogP contribution in [0.4, 0.5) is 5.69 Å². The number of nitrogens with one attached hydrogen (secondary N) is 1. The molecule has 3 rings (SSSR count). The fraction of sp³-hybridized carbons (Fsp3) is 0.0800. The van der Waals surface area contributed by atoms with Gasteiger partial charge in [-0.2, -0.15) is 13.7 Å². The van der Waals surface area contributed by atoms with Crippen LogP contribution in [0.1, 0.15) is 22.8 Å². The van der Waals surface area contributed by atoms with Gasteiger partial charge in [-0.1, -0.05) is 18.2 Å². The Balaban J connectivity index is 1.79. The second-order valence-corrected chi connectivity index (χ2v) is 10.3. The quantitative estimate of drug-likeness (QED) is 0.146. The maximum Gasteiger partial charge on any atom is 0.339 e. The third kappa shape index (κ3) is 6.81. The van der Waals surface area contributed by atoms with Gasteiger partial charge in [-0.25, -0.2) is 4.79 Å². The molecule has 0 aliphatic carbocycles. The van der Waals surface area contributed by atoms with Crippen molar-refractivity contribution in [2.75, 3.05) is 11.9 Å². The molecule has 0 bridgehead atoms. The molecule has 3 aromatic rings. The van der Waals surface area contributed by atoms with Crippen molar-refractivity contribution in [1.82, 2.24) is 0 Å². The van der Waals surface area contributed by atoms with Gasteiger partial charge in [0, 0.05) is 5.69 Å². The molecule has 1 N–H and O–H groups in total. The molecule has 0 atom stereocenters. The number of ether oxygens (including phenoxy) is 1. The van der Waals surface area contributed by atoms with Crippen LogP contribution in [-0.2, 0) is 19.6 Å². The van der Waals surface area contributed by atoms with Crippen LogP contribution in [0, 0.1) is 11.3 Å². The number of hydrogen-bond donors (Lipinski definition) is 1. The molecule has 11 heteroatoms. The smallest absolute Gasteiger partial charge is 0.339 e. The number of carbonyl (C=O) groups excluding carboxylic acids is 2. The molecule has 0 fully saturated rings. The molecule has 0 saturated carbocycles. The Kier molecular flexibility index (Phi) is 9.03. The molecule has 0 spiro atoms.